The standard InChI is InChI=1S/C20H33N5O3/c1-20(2,14-24(3)4)13-22-17(26)15-8-11-25(12-9-15)19(27)23-16-7-6-10-21-18(16)28-5/h6-7,10,15H,8-9,11-14H2,1-5H3,(H,22,26)(H,23,27). The van der Waals surface area contributed by atoms with Crippen LogP contribution in [0.25, 0.3) is 0 Å². The molecule has 2 rings (SSSR count). The zero-order chi connectivity index (χ0) is 20.7. The number of piperidine rings is 1. The van der Waals surface area contributed by atoms with Crippen LogP contribution in [0, 0.1) is 11.3 Å². The summed E-state index contributed by atoms with van der Waals surface area (Å²) in [5.74, 6) is 0.415. The molecule has 0 aliphatic carbocycles. The van der Waals surface area contributed by atoms with Gasteiger partial charge in [-0.3, -0.25) is 4.79 Å². The quantitative estimate of drug-likeness (QED) is 0.743. The number of amides is 3. The van der Waals surface area contributed by atoms with Crippen LogP contribution in [0.1, 0.15) is 26.7 Å². The fourth-order valence-corrected chi connectivity index (χ4v) is 3.57. The molecule has 1 aromatic heterocycles. The van der Waals surface area contributed by atoms with Crippen molar-refractivity contribution in [2.75, 3.05) is 52.7 Å². The largest absolute Gasteiger partial charge is 0.480 e. The van der Waals surface area contributed by atoms with Crippen molar-refractivity contribution < 1.29 is 14.3 Å². The number of carbonyl (C=O) groups is 2. The van der Waals surface area contributed by atoms with Gasteiger partial charge in [-0.1, -0.05) is 13.8 Å². The molecule has 1 aliphatic rings. The second kappa shape index (κ2) is 9.73. The van der Waals surface area contributed by atoms with Crippen molar-refractivity contribution in [2.45, 2.75) is 26.7 Å². The molecule has 1 aliphatic heterocycles. The number of nitrogens with one attached hydrogen (secondary N) is 2. The van der Waals surface area contributed by atoms with E-state index in [9.17, 15) is 9.59 Å². The van der Waals surface area contributed by atoms with Gasteiger partial charge >= 0.3 is 6.03 Å². The average Bonchev–Trinajstić information content (AvgIpc) is 2.65. The molecule has 8 nitrogen and oxygen atoms in total. The molecule has 3 amide bonds. The molecule has 0 spiro atoms. The predicted octanol–water partition coefficient (Wildman–Crippen LogP) is 2.04. The Balaban J connectivity index is 1.80. The molecule has 0 radical (unpaired) electrons. The highest BCUT2D eigenvalue weighted by atomic mass is 16.5. The minimum Gasteiger partial charge on any atom is -0.480 e. The fourth-order valence-electron chi connectivity index (χ4n) is 3.57. The van der Waals surface area contributed by atoms with E-state index in [1.807, 2.05) is 14.1 Å². The topological polar surface area (TPSA) is 86.8 Å². The van der Waals surface area contributed by atoms with Crippen LogP contribution in [0.3, 0.4) is 0 Å². The van der Waals surface area contributed by atoms with Gasteiger partial charge in [0.1, 0.15) is 5.69 Å². The molecule has 2 N–H and O–H groups in total. The maximum atomic E-state index is 12.5. The zero-order valence-electron chi connectivity index (χ0n) is 17.6. The number of ether oxygens (including phenoxy) is 1. The van der Waals surface area contributed by atoms with Crippen molar-refractivity contribution in [3.05, 3.63) is 18.3 Å². The SMILES string of the molecule is COc1ncccc1NC(=O)N1CCC(C(=O)NCC(C)(C)CN(C)C)CC1. The zero-order valence-corrected chi connectivity index (χ0v) is 17.6. The Morgan fingerprint density at radius 1 is 1.32 bits per heavy atom. The van der Waals surface area contributed by atoms with Crippen LogP contribution >= 0.6 is 0 Å². The number of pyridine rings is 1. The monoisotopic (exact) mass is 391 g/mol. The fraction of sp³-hybridized carbons (Fsp3) is 0.650. The molecule has 0 atom stereocenters. The van der Waals surface area contributed by atoms with Crippen LogP contribution in [0.15, 0.2) is 18.3 Å². The van der Waals surface area contributed by atoms with E-state index in [1.165, 1.54) is 7.11 Å². The van der Waals surface area contributed by atoms with Crippen molar-refractivity contribution in [3.8, 4) is 5.88 Å². The summed E-state index contributed by atoms with van der Waals surface area (Å²) in [5.41, 5.74) is 0.556. The second-order valence-electron chi connectivity index (χ2n) is 8.37. The summed E-state index contributed by atoms with van der Waals surface area (Å²) in [5, 5.41) is 5.92. The normalized spacial score (nSPS) is 15.4. The number of rotatable bonds is 7. The Morgan fingerprint density at radius 3 is 2.61 bits per heavy atom. The first-order valence-corrected chi connectivity index (χ1v) is 9.69. The number of nitrogens with zero attached hydrogens (tertiary/aromatic N) is 3. The van der Waals surface area contributed by atoms with Crippen LogP contribution < -0.4 is 15.4 Å². The lowest BCUT2D eigenvalue weighted by Crippen LogP contribution is -2.46. The molecular weight excluding hydrogens is 358 g/mol. The average molecular weight is 392 g/mol. The summed E-state index contributed by atoms with van der Waals surface area (Å²) >= 11 is 0. The lowest BCUT2D eigenvalue weighted by Gasteiger charge is -2.33. The van der Waals surface area contributed by atoms with E-state index in [2.05, 4.69) is 34.4 Å². The van der Waals surface area contributed by atoms with Crippen molar-refractivity contribution in [1.82, 2.24) is 20.1 Å². The van der Waals surface area contributed by atoms with E-state index in [1.54, 1.807) is 23.2 Å². The van der Waals surface area contributed by atoms with Crippen molar-refractivity contribution >= 4 is 17.6 Å². The maximum Gasteiger partial charge on any atom is 0.321 e. The number of anilines is 1. The summed E-state index contributed by atoms with van der Waals surface area (Å²) in [6, 6.07) is 3.30. The molecule has 1 aromatic rings. The van der Waals surface area contributed by atoms with Crippen LogP contribution in [0.2, 0.25) is 0 Å². The molecule has 0 unspecified atom stereocenters. The van der Waals surface area contributed by atoms with E-state index < -0.39 is 0 Å². The molecule has 1 fully saturated rings. The molecular formula is C20H33N5O3. The van der Waals surface area contributed by atoms with Gasteiger partial charge in [0.15, 0.2) is 0 Å². The highest BCUT2D eigenvalue weighted by Gasteiger charge is 2.29. The van der Waals surface area contributed by atoms with Crippen molar-refractivity contribution in [2.24, 2.45) is 11.3 Å². The number of hydrogen-bond acceptors (Lipinski definition) is 5. The minimum absolute atomic E-state index is 0.0164. The first-order chi connectivity index (χ1) is 13.2. The minimum atomic E-state index is -0.197. The third-order valence-corrected chi connectivity index (χ3v) is 4.84. The van der Waals surface area contributed by atoms with Gasteiger partial charge in [-0.2, -0.15) is 0 Å². The molecule has 1 saturated heterocycles. The third-order valence-electron chi connectivity index (χ3n) is 4.84. The van der Waals surface area contributed by atoms with Crippen molar-refractivity contribution in [3.63, 3.8) is 0 Å². The number of carbonyl (C=O) groups excluding carboxylic acids is 2. The van der Waals surface area contributed by atoms with Gasteiger partial charge in [0.25, 0.3) is 0 Å². The van der Waals surface area contributed by atoms with Gasteiger partial charge in [-0.25, -0.2) is 9.78 Å². The second-order valence-corrected chi connectivity index (χ2v) is 8.37. The highest BCUT2D eigenvalue weighted by molar-refractivity contribution is 5.90. The maximum absolute atomic E-state index is 12.5. The van der Waals surface area contributed by atoms with Gasteiger partial charge < -0.3 is 25.2 Å². The van der Waals surface area contributed by atoms with Crippen LogP contribution in [0.5, 0.6) is 5.88 Å². The lowest BCUT2D eigenvalue weighted by molar-refractivity contribution is -0.126. The smallest absolute Gasteiger partial charge is 0.321 e. The Labute approximate surface area is 167 Å². The van der Waals surface area contributed by atoms with Gasteiger partial charge in [0, 0.05) is 38.3 Å². The summed E-state index contributed by atoms with van der Waals surface area (Å²) in [4.78, 5) is 32.9. The molecule has 0 aromatic carbocycles. The van der Waals surface area contributed by atoms with E-state index in [0.29, 0.717) is 44.0 Å². The van der Waals surface area contributed by atoms with E-state index >= 15 is 0 Å². The number of likely N-dealkylation sites (tertiary alicyclic amines) is 1. The van der Waals surface area contributed by atoms with E-state index in [-0.39, 0.29) is 23.3 Å². The van der Waals surface area contributed by atoms with E-state index in [0.717, 1.165) is 6.54 Å². The van der Waals surface area contributed by atoms with Crippen LogP contribution in [-0.2, 0) is 4.79 Å². The summed E-state index contributed by atoms with van der Waals surface area (Å²) in [6.07, 6.45) is 2.94. The molecule has 8 heteroatoms. The van der Waals surface area contributed by atoms with Crippen LogP contribution in [0.4, 0.5) is 10.5 Å². The van der Waals surface area contributed by atoms with Gasteiger partial charge in [0.05, 0.1) is 7.11 Å². The first-order valence-electron chi connectivity index (χ1n) is 9.69. The Kier molecular flexibility index (Phi) is 7.62. The number of hydrogen-bond donors (Lipinski definition) is 2. The summed E-state index contributed by atoms with van der Waals surface area (Å²) in [6.45, 7) is 6.94. The summed E-state index contributed by atoms with van der Waals surface area (Å²) in [7, 11) is 5.58. The number of urea groups is 1. The Bertz CT molecular complexity index is 670. The number of methoxy groups -OCH3 is 1. The first kappa shape index (κ1) is 21.9. The molecule has 0 saturated carbocycles. The van der Waals surface area contributed by atoms with Crippen molar-refractivity contribution in [1.29, 1.82) is 0 Å². The number of aromatic nitrogens is 1. The third kappa shape index (κ3) is 6.37. The molecule has 2 heterocycles. The Morgan fingerprint density at radius 2 is 2.00 bits per heavy atom. The van der Waals surface area contributed by atoms with Gasteiger partial charge in [-0.15, -0.1) is 0 Å². The summed E-state index contributed by atoms with van der Waals surface area (Å²) < 4.78 is 5.16. The lowest BCUT2D eigenvalue weighted by atomic mass is 9.91. The van der Waals surface area contributed by atoms with Gasteiger partial charge in [-0.05, 0) is 44.5 Å². The highest BCUT2D eigenvalue weighted by Crippen LogP contribution is 2.23. The van der Waals surface area contributed by atoms with E-state index in [4.69, 9.17) is 4.74 Å². The molecule has 28 heavy (non-hydrogen) atoms. The van der Waals surface area contributed by atoms with Gasteiger partial charge in [0.2, 0.25) is 11.8 Å². The van der Waals surface area contributed by atoms with Crippen LogP contribution in [-0.4, -0.2) is 74.1 Å². The molecule has 156 valence electrons. The predicted molar refractivity (Wildman–Crippen MR) is 109 cm³/mol. The molecule has 0 bridgehead atoms. The Hall–Kier alpha value is -2.35.